The minimum Gasteiger partial charge on any atom is -0.871 e. The fraction of sp³-hybridized carbons (Fsp3) is 0.333. The monoisotopic (exact) mass is 537 g/mol. The molecule has 8 nitrogen and oxygen atoms in total. The Morgan fingerprint density at radius 1 is 1.08 bits per heavy atom. The fourth-order valence-electron chi connectivity index (χ4n) is 5.03. The predicted octanol–water partition coefficient (Wildman–Crippen LogP) is 1.11. The second kappa shape index (κ2) is 13.7. The Morgan fingerprint density at radius 3 is 2.46 bits per heavy atom. The first-order chi connectivity index (χ1) is 18.3. The SMILES string of the molecule is CCCCCCCN1CCCc2cc(C3=C([O-])/C(=C(/C(=N)C(=O)O)C(=O)Nc4ccccc4)C3=O)ccc21.[Na+]. The van der Waals surface area contributed by atoms with E-state index in [1.54, 1.807) is 36.4 Å². The van der Waals surface area contributed by atoms with Crippen LogP contribution in [0.25, 0.3) is 5.57 Å². The van der Waals surface area contributed by atoms with Gasteiger partial charge < -0.3 is 20.4 Å². The average molecular weight is 538 g/mol. The molecule has 1 heterocycles. The molecule has 2 aromatic rings. The number of para-hydroxylation sites is 1. The van der Waals surface area contributed by atoms with E-state index in [-0.39, 0.29) is 35.1 Å². The number of amides is 1. The minimum atomic E-state index is -1.70. The number of aliphatic carboxylic acids is 1. The zero-order valence-electron chi connectivity index (χ0n) is 22.5. The molecule has 2 aromatic carbocycles. The Kier molecular flexibility index (Phi) is 10.7. The van der Waals surface area contributed by atoms with E-state index in [1.165, 1.54) is 25.7 Å². The maximum absolute atomic E-state index is 13.2. The maximum atomic E-state index is 13.2. The van der Waals surface area contributed by atoms with Gasteiger partial charge in [0.25, 0.3) is 5.91 Å². The van der Waals surface area contributed by atoms with E-state index in [0.29, 0.717) is 11.3 Å². The number of nitrogens with one attached hydrogen (secondary N) is 2. The number of fused-ring (bicyclic) bond motifs is 1. The number of carbonyl (C=O) groups excluding carboxylic acids is 2. The van der Waals surface area contributed by atoms with Crippen molar-refractivity contribution in [3.63, 3.8) is 0 Å². The van der Waals surface area contributed by atoms with E-state index >= 15 is 0 Å². The van der Waals surface area contributed by atoms with Crippen molar-refractivity contribution in [2.24, 2.45) is 0 Å². The Balaban J connectivity index is 0.00000420. The zero-order valence-corrected chi connectivity index (χ0v) is 24.5. The van der Waals surface area contributed by atoms with Crippen molar-refractivity contribution in [2.75, 3.05) is 23.3 Å². The smallest absolute Gasteiger partial charge is 0.871 e. The molecule has 0 spiro atoms. The first-order valence-corrected chi connectivity index (χ1v) is 13.1. The van der Waals surface area contributed by atoms with E-state index in [0.717, 1.165) is 43.6 Å². The topological polar surface area (TPSA) is 134 Å². The van der Waals surface area contributed by atoms with Gasteiger partial charge >= 0.3 is 35.5 Å². The standard InChI is InChI=1S/C30H33N3O5.Na/c1-2-3-4-5-9-16-33-17-10-11-19-18-20(14-15-22(19)33)23-27(34)25(28(23)35)24(26(31)30(37)38)29(36)32-21-12-7-6-8-13-21;/h6-8,12-15,18,31,34H,2-5,9-11,16-17H2,1H3,(H,32,36)(H,37,38);/q;+1/p-1/b25-24+,31-26?;. The summed E-state index contributed by atoms with van der Waals surface area (Å²) in [5.41, 5.74) is 0.505. The fourth-order valence-corrected chi connectivity index (χ4v) is 5.03. The largest absolute Gasteiger partial charge is 1.00 e. The molecule has 0 fully saturated rings. The third kappa shape index (κ3) is 6.69. The van der Waals surface area contributed by atoms with Crippen molar-refractivity contribution in [3.8, 4) is 0 Å². The van der Waals surface area contributed by atoms with Crippen LogP contribution >= 0.6 is 0 Å². The Labute approximate surface area is 250 Å². The first-order valence-electron chi connectivity index (χ1n) is 13.1. The molecule has 0 bridgehead atoms. The molecule has 1 amide bonds. The predicted molar refractivity (Wildman–Crippen MR) is 145 cm³/mol. The van der Waals surface area contributed by atoms with E-state index in [2.05, 4.69) is 17.1 Å². The molecule has 0 saturated heterocycles. The normalized spacial score (nSPS) is 15.6. The molecule has 2 aliphatic rings. The molecule has 0 atom stereocenters. The quantitative estimate of drug-likeness (QED) is 0.170. The Bertz CT molecular complexity index is 1330. The molecule has 198 valence electrons. The van der Waals surface area contributed by atoms with Crippen LogP contribution < -0.4 is 44.9 Å². The number of hydrogen-bond donors (Lipinski definition) is 3. The molecule has 39 heavy (non-hydrogen) atoms. The van der Waals surface area contributed by atoms with Crippen molar-refractivity contribution in [2.45, 2.75) is 51.9 Å². The molecule has 0 radical (unpaired) electrons. The van der Waals surface area contributed by atoms with Gasteiger partial charge in [0.1, 0.15) is 0 Å². The summed E-state index contributed by atoms with van der Waals surface area (Å²) < 4.78 is 0. The van der Waals surface area contributed by atoms with Gasteiger partial charge in [-0.05, 0) is 54.7 Å². The molecule has 1 aliphatic carbocycles. The van der Waals surface area contributed by atoms with Crippen LogP contribution in [0.2, 0.25) is 0 Å². The number of rotatable bonds is 11. The van der Waals surface area contributed by atoms with Crippen molar-refractivity contribution in [1.29, 1.82) is 5.41 Å². The molecule has 0 unspecified atom stereocenters. The molecule has 0 saturated carbocycles. The number of Topliss-reactive ketones (excluding diaryl/α,β-unsaturated/α-hetero) is 1. The summed E-state index contributed by atoms with van der Waals surface area (Å²) in [4.78, 5) is 40.0. The third-order valence-corrected chi connectivity index (χ3v) is 7.00. The van der Waals surface area contributed by atoms with Crippen molar-refractivity contribution >= 4 is 40.3 Å². The number of hydrogen-bond acceptors (Lipinski definition) is 6. The first kappa shape index (κ1) is 30.3. The summed E-state index contributed by atoms with van der Waals surface area (Å²) in [6, 6.07) is 13.8. The number of benzene rings is 2. The van der Waals surface area contributed by atoms with Gasteiger partial charge in [-0.1, -0.05) is 62.6 Å². The van der Waals surface area contributed by atoms with Crippen LogP contribution in [0.1, 0.15) is 56.6 Å². The van der Waals surface area contributed by atoms with E-state index in [9.17, 15) is 24.6 Å². The molecule has 1 aliphatic heterocycles. The van der Waals surface area contributed by atoms with Crippen LogP contribution in [0.15, 0.2) is 65.4 Å². The van der Waals surface area contributed by atoms with Gasteiger partial charge in [-0.3, -0.25) is 15.0 Å². The molecular weight excluding hydrogens is 505 g/mol. The van der Waals surface area contributed by atoms with Gasteiger partial charge in [-0.25, -0.2) is 4.79 Å². The van der Waals surface area contributed by atoms with E-state index in [1.807, 2.05) is 12.1 Å². The van der Waals surface area contributed by atoms with Crippen molar-refractivity contribution in [3.05, 3.63) is 76.6 Å². The van der Waals surface area contributed by atoms with Crippen LogP contribution in [-0.4, -0.2) is 41.6 Å². The summed E-state index contributed by atoms with van der Waals surface area (Å²) >= 11 is 0. The minimum absolute atomic E-state index is 0. The van der Waals surface area contributed by atoms with Crippen molar-refractivity contribution in [1.82, 2.24) is 0 Å². The molecule has 9 heteroatoms. The third-order valence-electron chi connectivity index (χ3n) is 7.00. The van der Waals surface area contributed by atoms with Gasteiger partial charge in [-0.15, -0.1) is 0 Å². The van der Waals surface area contributed by atoms with Crippen LogP contribution in [0.4, 0.5) is 11.4 Å². The number of allylic oxidation sites excluding steroid dienone is 2. The number of ketones is 1. The second-order valence-corrected chi connectivity index (χ2v) is 9.63. The number of unbranched alkanes of at least 4 members (excludes halogenated alkanes) is 4. The van der Waals surface area contributed by atoms with Gasteiger partial charge in [0, 0.05) is 35.6 Å². The average Bonchev–Trinajstić information content (AvgIpc) is 2.91. The second-order valence-electron chi connectivity index (χ2n) is 9.63. The molecule has 3 N–H and O–H groups in total. The zero-order chi connectivity index (χ0) is 27.2. The van der Waals surface area contributed by atoms with Crippen molar-refractivity contribution < 1.29 is 54.2 Å². The summed E-state index contributed by atoms with van der Waals surface area (Å²) in [5, 5.41) is 32.9. The molecule has 4 rings (SSSR count). The van der Waals surface area contributed by atoms with Crippen LogP contribution in [-0.2, 0) is 20.8 Å². The molecular formula is C30H32N3NaO5. The number of aryl methyl sites for hydroxylation is 1. The van der Waals surface area contributed by atoms with Crippen LogP contribution in [0.3, 0.4) is 0 Å². The van der Waals surface area contributed by atoms with Crippen LogP contribution in [0, 0.1) is 5.41 Å². The summed E-state index contributed by atoms with van der Waals surface area (Å²) in [7, 11) is 0. The van der Waals surface area contributed by atoms with Crippen LogP contribution in [0.5, 0.6) is 0 Å². The van der Waals surface area contributed by atoms with Gasteiger partial charge in [0.2, 0.25) is 0 Å². The Hall–Kier alpha value is -3.20. The number of carbonyl (C=O) groups is 3. The maximum Gasteiger partial charge on any atom is 1.00 e. The van der Waals surface area contributed by atoms with Gasteiger partial charge in [0.05, 0.1) is 5.57 Å². The number of carboxylic acid groups (broad SMARTS) is 1. The number of anilines is 2. The summed E-state index contributed by atoms with van der Waals surface area (Å²) in [6.45, 7) is 4.14. The molecule has 0 aromatic heterocycles. The Morgan fingerprint density at radius 2 is 1.79 bits per heavy atom. The summed E-state index contributed by atoms with van der Waals surface area (Å²) in [6.07, 6.45) is 7.82. The van der Waals surface area contributed by atoms with E-state index in [4.69, 9.17) is 5.41 Å². The number of carboxylic acids is 1. The van der Waals surface area contributed by atoms with E-state index < -0.39 is 40.3 Å². The number of nitrogens with zero attached hydrogens (tertiary/aromatic N) is 1. The van der Waals surface area contributed by atoms with Gasteiger partial charge in [-0.2, -0.15) is 0 Å². The van der Waals surface area contributed by atoms with Gasteiger partial charge in [0.15, 0.2) is 11.5 Å². The summed E-state index contributed by atoms with van der Waals surface area (Å²) in [5.74, 6) is -4.13.